The normalized spacial score (nSPS) is 12.2. The second-order valence-corrected chi connectivity index (χ2v) is 5.91. The lowest BCUT2D eigenvalue weighted by atomic mass is 10.1. The summed E-state index contributed by atoms with van der Waals surface area (Å²) in [4.78, 5) is 11.3. The van der Waals surface area contributed by atoms with Crippen molar-refractivity contribution in [1.29, 1.82) is 0 Å². The van der Waals surface area contributed by atoms with E-state index >= 15 is 0 Å². The summed E-state index contributed by atoms with van der Waals surface area (Å²) in [6, 6.07) is 9.63. The van der Waals surface area contributed by atoms with Crippen LogP contribution in [-0.4, -0.2) is 5.78 Å². The molecule has 0 saturated heterocycles. The van der Waals surface area contributed by atoms with Gasteiger partial charge in [0.25, 0.3) is 0 Å². The molecule has 13 heavy (non-hydrogen) atoms. The van der Waals surface area contributed by atoms with Crippen LogP contribution in [0.15, 0.2) is 32.8 Å². The molecule has 68 valence electrons. The molecular weight excluding hydrogens is 343 g/mol. The zero-order valence-electron chi connectivity index (χ0n) is 7.05. The minimum atomic E-state index is 0.0764. The first kappa shape index (κ1) is 10.9. The van der Waals surface area contributed by atoms with Crippen LogP contribution in [0.2, 0.25) is 0 Å². The second-order valence-electron chi connectivity index (χ2n) is 2.56. The average molecular weight is 351 g/mol. The van der Waals surface area contributed by atoms with Gasteiger partial charge in [0.2, 0.25) is 0 Å². The Labute approximate surface area is 99.5 Å². The van der Waals surface area contributed by atoms with Crippen LogP contribution >= 0.6 is 38.5 Å². The van der Waals surface area contributed by atoms with Gasteiger partial charge in [-0.05, 0) is 51.0 Å². The molecule has 0 radical (unpaired) electrons. The Balaban J connectivity index is 3.20. The molecule has 3 heteroatoms. The van der Waals surface area contributed by atoms with Gasteiger partial charge in [0.05, 0.1) is 2.49 Å². The summed E-state index contributed by atoms with van der Waals surface area (Å²) >= 11 is 5.42. The highest BCUT2D eigenvalue weighted by molar-refractivity contribution is 14.1. The Morgan fingerprint density at radius 3 is 2.23 bits per heavy atom. The van der Waals surface area contributed by atoms with E-state index in [2.05, 4.69) is 38.5 Å². The molecule has 0 atom stereocenters. The van der Waals surface area contributed by atoms with Gasteiger partial charge >= 0.3 is 0 Å². The topological polar surface area (TPSA) is 17.1 Å². The first-order valence-electron chi connectivity index (χ1n) is 3.74. The van der Waals surface area contributed by atoms with Gasteiger partial charge in [0.15, 0.2) is 5.78 Å². The van der Waals surface area contributed by atoms with E-state index in [1.807, 2.05) is 30.3 Å². The summed E-state index contributed by atoms with van der Waals surface area (Å²) < 4.78 is 0.851. The number of ketones is 1. The number of allylic oxidation sites excluding steroid dienone is 1. The first-order chi connectivity index (χ1) is 6.13. The van der Waals surface area contributed by atoms with E-state index in [1.54, 1.807) is 6.92 Å². The van der Waals surface area contributed by atoms with Crippen molar-refractivity contribution >= 4 is 49.9 Å². The lowest BCUT2D eigenvalue weighted by molar-refractivity contribution is -0.111. The fourth-order valence-electron chi connectivity index (χ4n) is 1.05. The van der Waals surface area contributed by atoms with E-state index in [0.29, 0.717) is 0 Å². The van der Waals surface area contributed by atoms with Crippen molar-refractivity contribution in [2.75, 3.05) is 0 Å². The van der Waals surface area contributed by atoms with Crippen LogP contribution in [0.25, 0.3) is 5.57 Å². The third kappa shape index (κ3) is 2.91. The highest BCUT2D eigenvalue weighted by atomic mass is 127. The molecule has 0 aliphatic heterocycles. The number of benzene rings is 1. The molecule has 0 N–H and O–H groups in total. The van der Waals surface area contributed by atoms with Crippen LogP contribution in [0.4, 0.5) is 0 Å². The van der Waals surface area contributed by atoms with Crippen LogP contribution in [0.5, 0.6) is 0 Å². The maximum atomic E-state index is 11.3. The van der Waals surface area contributed by atoms with Gasteiger partial charge in [0.1, 0.15) is 0 Å². The minimum Gasteiger partial charge on any atom is -0.294 e. The number of Topliss-reactive ketones (excluding diaryl/α,β-unsaturated/α-hetero) is 1. The summed E-state index contributed by atoms with van der Waals surface area (Å²) in [6.07, 6.45) is 0. The summed E-state index contributed by atoms with van der Waals surface area (Å²) in [5, 5.41) is 0. The summed E-state index contributed by atoms with van der Waals surface area (Å²) in [7, 11) is 0. The number of rotatable bonds is 2. The fraction of sp³-hybridized carbons (Fsp3) is 0.100. The monoisotopic (exact) mass is 350 g/mol. The Hall–Kier alpha value is -0.160. The van der Waals surface area contributed by atoms with Crippen molar-refractivity contribution in [3.05, 3.63) is 38.4 Å². The third-order valence-electron chi connectivity index (χ3n) is 1.60. The van der Waals surface area contributed by atoms with E-state index in [9.17, 15) is 4.79 Å². The van der Waals surface area contributed by atoms with Crippen LogP contribution in [-0.2, 0) is 4.79 Å². The Morgan fingerprint density at radius 1 is 1.31 bits per heavy atom. The molecule has 1 rings (SSSR count). The standard InChI is InChI=1S/C10H8BrIO/c1-7(13)9(10(11)12)8-5-3-2-4-6-8/h2-6H,1H3/b10-9+. The molecular formula is C10H8BrIO. The summed E-state index contributed by atoms with van der Waals surface area (Å²) in [5.74, 6) is 0.0764. The van der Waals surface area contributed by atoms with E-state index in [4.69, 9.17) is 0 Å². The van der Waals surface area contributed by atoms with Crippen molar-refractivity contribution < 1.29 is 4.79 Å². The molecule has 1 aromatic rings. The Kier molecular flexibility index (Phi) is 4.12. The van der Waals surface area contributed by atoms with Crippen LogP contribution in [0.3, 0.4) is 0 Å². The van der Waals surface area contributed by atoms with Crippen molar-refractivity contribution in [1.82, 2.24) is 0 Å². The van der Waals surface area contributed by atoms with Crippen LogP contribution in [0.1, 0.15) is 12.5 Å². The lowest BCUT2D eigenvalue weighted by Gasteiger charge is -2.03. The Morgan fingerprint density at radius 2 is 1.85 bits per heavy atom. The van der Waals surface area contributed by atoms with Gasteiger partial charge in [-0.15, -0.1) is 0 Å². The van der Waals surface area contributed by atoms with E-state index in [1.165, 1.54) is 0 Å². The minimum absolute atomic E-state index is 0.0764. The highest BCUT2D eigenvalue weighted by Crippen LogP contribution is 2.28. The van der Waals surface area contributed by atoms with Crippen molar-refractivity contribution in [2.24, 2.45) is 0 Å². The molecule has 0 spiro atoms. The van der Waals surface area contributed by atoms with Crippen molar-refractivity contribution in [3.63, 3.8) is 0 Å². The summed E-state index contributed by atoms with van der Waals surface area (Å²) in [6.45, 7) is 1.57. The van der Waals surface area contributed by atoms with Gasteiger partial charge in [-0.25, -0.2) is 0 Å². The highest BCUT2D eigenvalue weighted by Gasteiger charge is 2.09. The molecule has 0 bridgehead atoms. The smallest absolute Gasteiger partial charge is 0.162 e. The molecule has 0 aliphatic carbocycles. The van der Waals surface area contributed by atoms with Gasteiger partial charge in [-0.2, -0.15) is 0 Å². The number of hydrogen-bond acceptors (Lipinski definition) is 1. The number of carbonyl (C=O) groups is 1. The van der Waals surface area contributed by atoms with Crippen molar-refractivity contribution in [2.45, 2.75) is 6.92 Å². The number of carbonyl (C=O) groups excluding carboxylic acids is 1. The predicted molar refractivity (Wildman–Crippen MR) is 67.0 cm³/mol. The first-order valence-corrected chi connectivity index (χ1v) is 5.61. The number of hydrogen-bond donors (Lipinski definition) is 0. The van der Waals surface area contributed by atoms with Crippen LogP contribution in [0, 0.1) is 0 Å². The van der Waals surface area contributed by atoms with E-state index in [0.717, 1.165) is 13.6 Å². The largest absolute Gasteiger partial charge is 0.294 e. The zero-order valence-corrected chi connectivity index (χ0v) is 10.8. The molecule has 0 heterocycles. The molecule has 0 amide bonds. The molecule has 0 unspecified atom stereocenters. The maximum Gasteiger partial charge on any atom is 0.162 e. The second kappa shape index (κ2) is 4.91. The quantitative estimate of drug-likeness (QED) is 0.586. The SMILES string of the molecule is CC(=O)/C(=C(/Br)I)c1ccccc1. The Bertz CT molecular complexity index is 339. The summed E-state index contributed by atoms with van der Waals surface area (Å²) in [5.41, 5.74) is 1.69. The lowest BCUT2D eigenvalue weighted by Crippen LogP contribution is -1.95. The van der Waals surface area contributed by atoms with Gasteiger partial charge < -0.3 is 0 Å². The molecule has 0 fully saturated rings. The van der Waals surface area contributed by atoms with E-state index in [-0.39, 0.29) is 5.78 Å². The third-order valence-corrected chi connectivity index (χ3v) is 2.54. The van der Waals surface area contributed by atoms with Crippen LogP contribution < -0.4 is 0 Å². The molecule has 0 saturated carbocycles. The maximum absolute atomic E-state index is 11.3. The molecule has 0 aromatic heterocycles. The van der Waals surface area contributed by atoms with Gasteiger partial charge in [-0.1, -0.05) is 30.3 Å². The molecule has 0 aliphatic rings. The molecule has 1 nitrogen and oxygen atoms in total. The van der Waals surface area contributed by atoms with E-state index < -0.39 is 0 Å². The van der Waals surface area contributed by atoms with Gasteiger partial charge in [-0.3, -0.25) is 4.79 Å². The molecule has 1 aromatic carbocycles. The zero-order chi connectivity index (χ0) is 9.84. The van der Waals surface area contributed by atoms with Crippen molar-refractivity contribution in [3.8, 4) is 0 Å². The predicted octanol–water partition coefficient (Wildman–Crippen LogP) is 3.77. The average Bonchev–Trinajstić information content (AvgIpc) is 2.04. The number of halogens is 2. The fourth-order valence-corrected chi connectivity index (χ4v) is 2.25. The van der Waals surface area contributed by atoms with Gasteiger partial charge in [0, 0.05) is 5.57 Å².